The normalized spacial score (nSPS) is 11.5. The summed E-state index contributed by atoms with van der Waals surface area (Å²) in [5, 5.41) is 2.69. The van der Waals surface area contributed by atoms with Gasteiger partial charge in [-0.15, -0.1) is 0 Å². The first-order chi connectivity index (χ1) is 15.5. The van der Waals surface area contributed by atoms with E-state index in [4.69, 9.17) is 9.47 Å². The third kappa shape index (κ3) is 6.00. The van der Waals surface area contributed by atoms with Crippen molar-refractivity contribution in [3.8, 4) is 11.5 Å². The average molecular weight is 437 g/mol. The van der Waals surface area contributed by atoms with Gasteiger partial charge in [0.2, 0.25) is 0 Å². The third-order valence-corrected chi connectivity index (χ3v) is 5.32. The second-order valence-corrected chi connectivity index (χ2v) is 7.55. The van der Waals surface area contributed by atoms with Gasteiger partial charge in [0.15, 0.2) is 11.5 Å². The number of hydrogen-bond acceptors (Lipinski definition) is 3. The Balaban J connectivity index is 1.78. The minimum absolute atomic E-state index is 0.0439. The summed E-state index contributed by atoms with van der Waals surface area (Å²) in [4.78, 5) is 14.7. The summed E-state index contributed by atoms with van der Waals surface area (Å²) in [6.07, 6.45) is 0.762. The highest BCUT2D eigenvalue weighted by molar-refractivity contribution is 5.89. The molecule has 0 heterocycles. The molecule has 0 aliphatic heterocycles. The molecule has 3 rings (SSSR count). The second-order valence-electron chi connectivity index (χ2n) is 7.55. The highest BCUT2D eigenvalue weighted by atomic mass is 19.1. The van der Waals surface area contributed by atoms with Crippen molar-refractivity contribution < 1.29 is 18.7 Å². The number of nitrogens with one attached hydrogen (secondary N) is 1. The largest absolute Gasteiger partial charge is 0.493 e. The molecule has 0 spiro atoms. The Morgan fingerprint density at radius 1 is 1.00 bits per heavy atom. The predicted octanol–water partition coefficient (Wildman–Crippen LogP) is 6.25. The summed E-state index contributed by atoms with van der Waals surface area (Å²) in [6, 6.07) is 21.2. The molecule has 1 N–H and O–H groups in total. The van der Waals surface area contributed by atoms with Gasteiger partial charge in [-0.25, -0.2) is 9.18 Å². The van der Waals surface area contributed by atoms with Crippen LogP contribution in [-0.4, -0.2) is 24.1 Å². The molecule has 3 aromatic rings. The van der Waals surface area contributed by atoms with Crippen molar-refractivity contribution >= 4 is 11.7 Å². The molecule has 0 aliphatic carbocycles. The summed E-state index contributed by atoms with van der Waals surface area (Å²) in [7, 11) is 1.59. The van der Waals surface area contributed by atoms with Gasteiger partial charge in [0.05, 0.1) is 12.8 Å². The van der Waals surface area contributed by atoms with E-state index in [1.54, 1.807) is 30.2 Å². The number of para-hydroxylation sites is 1. The molecule has 1 atom stereocenters. The molecule has 3 aromatic carbocycles. The Hall–Kier alpha value is -3.54. The van der Waals surface area contributed by atoms with Crippen molar-refractivity contribution in [3.05, 3.63) is 89.7 Å². The van der Waals surface area contributed by atoms with E-state index in [1.807, 2.05) is 62.4 Å². The van der Waals surface area contributed by atoms with E-state index in [9.17, 15) is 9.18 Å². The van der Waals surface area contributed by atoms with Crippen LogP contribution in [0.25, 0.3) is 0 Å². The topological polar surface area (TPSA) is 50.8 Å². The molecule has 0 bridgehead atoms. The summed E-state index contributed by atoms with van der Waals surface area (Å²) in [6.45, 7) is 4.73. The molecule has 6 heteroatoms. The zero-order valence-electron chi connectivity index (χ0n) is 18.7. The maximum atomic E-state index is 14.0. The monoisotopic (exact) mass is 436 g/mol. The number of urea groups is 1. The maximum absolute atomic E-state index is 14.0. The predicted molar refractivity (Wildman–Crippen MR) is 124 cm³/mol. The highest BCUT2D eigenvalue weighted by Gasteiger charge is 2.21. The Morgan fingerprint density at radius 3 is 2.41 bits per heavy atom. The zero-order chi connectivity index (χ0) is 22.9. The second kappa shape index (κ2) is 11.2. The third-order valence-electron chi connectivity index (χ3n) is 5.32. The summed E-state index contributed by atoms with van der Waals surface area (Å²) >= 11 is 0. The lowest BCUT2D eigenvalue weighted by atomic mass is 10.1. The molecule has 0 aliphatic rings. The van der Waals surface area contributed by atoms with Gasteiger partial charge in [-0.05, 0) is 48.7 Å². The van der Waals surface area contributed by atoms with E-state index in [1.165, 1.54) is 6.07 Å². The minimum atomic E-state index is -0.467. The van der Waals surface area contributed by atoms with E-state index in [0.29, 0.717) is 24.7 Å². The van der Waals surface area contributed by atoms with Crippen LogP contribution in [0.2, 0.25) is 0 Å². The Bertz CT molecular complexity index is 1030. The van der Waals surface area contributed by atoms with E-state index >= 15 is 0 Å². The van der Waals surface area contributed by atoms with Crippen LogP contribution in [0.1, 0.15) is 31.4 Å². The standard InChI is InChI=1S/C26H29FN2O3/c1-4-19(2)29(26(30)28-23-13-9-8-12-22(23)27)17-21-14-15-24(31-3)25(16-21)32-18-20-10-6-5-7-11-20/h5-16,19H,4,17-18H2,1-3H3,(H,28,30). The summed E-state index contributed by atoms with van der Waals surface area (Å²) in [5.74, 6) is 0.758. The van der Waals surface area contributed by atoms with Crippen LogP contribution in [-0.2, 0) is 13.2 Å². The van der Waals surface area contributed by atoms with Crippen LogP contribution in [0, 0.1) is 5.82 Å². The Labute approximate surface area is 188 Å². The fraction of sp³-hybridized carbons (Fsp3) is 0.269. The van der Waals surface area contributed by atoms with Gasteiger partial charge in [-0.1, -0.05) is 55.5 Å². The van der Waals surface area contributed by atoms with Crippen molar-refractivity contribution in [2.45, 2.75) is 39.5 Å². The van der Waals surface area contributed by atoms with Crippen LogP contribution < -0.4 is 14.8 Å². The molecule has 168 valence electrons. The lowest BCUT2D eigenvalue weighted by molar-refractivity contribution is 0.186. The summed E-state index contributed by atoms with van der Waals surface area (Å²) < 4.78 is 25.5. The number of nitrogens with zero attached hydrogens (tertiary/aromatic N) is 1. The number of carbonyl (C=O) groups excluding carboxylic acids is 1. The van der Waals surface area contributed by atoms with Crippen LogP contribution in [0.15, 0.2) is 72.8 Å². The number of benzene rings is 3. The minimum Gasteiger partial charge on any atom is -0.493 e. The molecule has 1 unspecified atom stereocenters. The number of methoxy groups -OCH3 is 1. The van der Waals surface area contributed by atoms with E-state index in [-0.39, 0.29) is 17.8 Å². The number of anilines is 1. The van der Waals surface area contributed by atoms with Crippen LogP contribution in [0.3, 0.4) is 0 Å². The van der Waals surface area contributed by atoms with Gasteiger partial charge in [0, 0.05) is 12.6 Å². The molecule has 0 saturated heterocycles. The summed E-state index contributed by atoms with van der Waals surface area (Å²) in [5.41, 5.74) is 2.09. The van der Waals surface area contributed by atoms with Gasteiger partial charge in [-0.3, -0.25) is 0 Å². The highest BCUT2D eigenvalue weighted by Crippen LogP contribution is 2.30. The van der Waals surface area contributed by atoms with Crippen molar-refractivity contribution in [1.82, 2.24) is 4.90 Å². The molecule has 0 fully saturated rings. The quantitative estimate of drug-likeness (QED) is 0.432. The van der Waals surface area contributed by atoms with Gasteiger partial charge in [-0.2, -0.15) is 0 Å². The fourth-order valence-corrected chi connectivity index (χ4v) is 3.26. The van der Waals surface area contributed by atoms with Crippen LogP contribution >= 0.6 is 0 Å². The number of amides is 2. The van der Waals surface area contributed by atoms with Crippen molar-refractivity contribution in [2.75, 3.05) is 12.4 Å². The van der Waals surface area contributed by atoms with Gasteiger partial charge >= 0.3 is 6.03 Å². The molecule has 0 radical (unpaired) electrons. The van der Waals surface area contributed by atoms with Gasteiger partial charge < -0.3 is 19.7 Å². The molecular formula is C26H29FN2O3. The fourth-order valence-electron chi connectivity index (χ4n) is 3.26. The Kier molecular flexibility index (Phi) is 8.08. The Morgan fingerprint density at radius 2 is 1.72 bits per heavy atom. The lowest BCUT2D eigenvalue weighted by Gasteiger charge is -2.29. The molecule has 0 aromatic heterocycles. The number of halogens is 1. The van der Waals surface area contributed by atoms with Crippen molar-refractivity contribution in [3.63, 3.8) is 0 Å². The average Bonchev–Trinajstić information content (AvgIpc) is 2.82. The van der Waals surface area contributed by atoms with Gasteiger partial charge in [0.25, 0.3) is 0 Å². The molecule has 0 saturated carbocycles. The smallest absolute Gasteiger partial charge is 0.322 e. The van der Waals surface area contributed by atoms with Crippen molar-refractivity contribution in [2.24, 2.45) is 0 Å². The van der Waals surface area contributed by atoms with Crippen molar-refractivity contribution in [1.29, 1.82) is 0 Å². The molecule has 32 heavy (non-hydrogen) atoms. The zero-order valence-corrected chi connectivity index (χ0v) is 18.7. The first kappa shape index (κ1) is 23.1. The van der Waals surface area contributed by atoms with Crippen LogP contribution in [0.4, 0.5) is 14.9 Å². The molecule has 2 amide bonds. The van der Waals surface area contributed by atoms with Gasteiger partial charge in [0.1, 0.15) is 12.4 Å². The van der Waals surface area contributed by atoms with E-state index in [2.05, 4.69) is 5.32 Å². The first-order valence-corrected chi connectivity index (χ1v) is 10.7. The lowest BCUT2D eigenvalue weighted by Crippen LogP contribution is -2.40. The number of rotatable bonds is 9. The number of ether oxygens (including phenoxy) is 2. The van der Waals surface area contributed by atoms with E-state index in [0.717, 1.165) is 17.5 Å². The SMILES string of the molecule is CCC(C)N(Cc1ccc(OC)c(OCc2ccccc2)c1)C(=O)Nc1ccccc1F. The maximum Gasteiger partial charge on any atom is 0.322 e. The van der Waals surface area contributed by atoms with E-state index < -0.39 is 5.82 Å². The molecule has 5 nitrogen and oxygen atoms in total. The number of hydrogen-bond donors (Lipinski definition) is 1. The van der Waals surface area contributed by atoms with Crippen LogP contribution in [0.5, 0.6) is 11.5 Å². The molecular weight excluding hydrogens is 407 g/mol. The number of carbonyl (C=O) groups is 1. The first-order valence-electron chi connectivity index (χ1n) is 10.7.